The van der Waals surface area contributed by atoms with Crippen molar-refractivity contribution in [3.8, 4) is 0 Å². The number of nitrogen functional groups attached to an aromatic ring is 1. The summed E-state index contributed by atoms with van der Waals surface area (Å²) >= 11 is 0. The Bertz CT molecular complexity index is 986. The predicted octanol–water partition coefficient (Wildman–Crippen LogP) is 4.15. The van der Waals surface area contributed by atoms with Gasteiger partial charge in [0, 0.05) is 34.6 Å². The maximum atomic E-state index is 12.5. The molecule has 2 amide bonds. The summed E-state index contributed by atoms with van der Waals surface area (Å²) in [5, 5.41) is 6.72. The Labute approximate surface area is 189 Å². The molecule has 0 spiro atoms. The van der Waals surface area contributed by atoms with Gasteiger partial charge in [0.25, 0.3) is 5.91 Å². The lowest BCUT2D eigenvalue weighted by Gasteiger charge is -2.14. The largest absolute Gasteiger partial charge is 0.398 e. The number of fused-ring (bicyclic) bond motifs is 1. The second kappa shape index (κ2) is 13.4. The van der Waals surface area contributed by atoms with Crippen LogP contribution in [0.25, 0.3) is 5.57 Å². The zero-order chi connectivity index (χ0) is 24.1. The average Bonchev–Trinajstić information content (AvgIpc) is 2.87. The summed E-state index contributed by atoms with van der Waals surface area (Å²) < 4.78 is 0. The Morgan fingerprint density at radius 2 is 2.03 bits per heavy atom. The summed E-state index contributed by atoms with van der Waals surface area (Å²) in [7, 11) is 0. The van der Waals surface area contributed by atoms with Gasteiger partial charge in [0.2, 0.25) is 5.91 Å². The lowest BCUT2D eigenvalue weighted by molar-refractivity contribution is -0.116. The minimum Gasteiger partial charge on any atom is -0.398 e. The molecular weight excluding hydrogens is 404 g/mol. The van der Waals surface area contributed by atoms with E-state index in [4.69, 9.17) is 11.5 Å². The third-order valence-corrected chi connectivity index (χ3v) is 4.16. The molecule has 0 saturated heterocycles. The summed E-state index contributed by atoms with van der Waals surface area (Å²) in [6.07, 6.45) is 9.86. The summed E-state index contributed by atoms with van der Waals surface area (Å²) in [6, 6.07) is 3.22. The molecule has 1 aliphatic heterocycles. The van der Waals surface area contributed by atoms with Crippen molar-refractivity contribution in [1.82, 2.24) is 5.43 Å². The number of nitrogens with zero attached hydrogens (tertiary/aromatic N) is 2. The number of rotatable bonds is 7. The molecule has 0 unspecified atom stereocenters. The smallest absolute Gasteiger partial charge is 0.272 e. The molecule has 0 aromatic heterocycles. The molecule has 0 atom stereocenters. The molecule has 8 nitrogen and oxygen atoms in total. The van der Waals surface area contributed by atoms with Gasteiger partial charge >= 0.3 is 0 Å². The fourth-order valence-electron chi connectivity index (χ4n) is 2.91. The second-order valence-electron chi connectivity index (χ2n) is 6.94. The first kappa shape index (κ1) is 26.1. The highest BCUT2D eigenvalue weighted by molar-refractivity contribution is 6.19. The van der Waals surface area contributed by atoms with E-state index in [-0.39, 0.29) is 12.3 Å². The Morgan fingerprint density at radius 3 is 2.66 bits per heavy atom. The summed E-state index contributed by atoms with van der Waals surface area (Å²) in [6.45, 7) is 13.0. The van der Waals surface area contributed by atoms with Crippen molar-refractivity contribution in [1.29, 1.82) is 0 Å². The van der Waals surface area contributed by atoms with Crippen molar-refractivity contribution >= 4 is 41.3 Å². The van der Waals surface area contributed by atoms with Crippen molar-refractivity contribution in [3.05, 3.63) is 65.9 Å². The number of nitrogens with two attached hydrogens (primary N) is 2. The van der Waals surface area contributed by atoms with E-state index in [0.29, 0.717) is 40.2 Å². The standard InChI is InChI=1S/C21H26N6O2.C3H6/c1-4-5-13(2)8-15-11-25-27-21(29)17-9-16(10-18(23)20(15)17)26-19(28)7-6-14(3)24-12-22;1-3-2/h5,8-12H,3-4,6-7,23H2,1-2H3,(H2,22,24)(H,26,28)(H,27,29);3H,1H2,2H3/b13-5+,15-8+;. The van der Waals surface area contributed by atoms with Gasteiger partial charge in [0.15, 0.2) is 0 Å². The van der Waals surface area contributed by atoms with E-state index in [0.717, 1.165) is 18.3 Å². The number of amides is 2. The van der Waals surface area contributed by atoms with E-state index in [2.05, 4.69) is 40.1 Å². The van der Waals surface area contributed by atoms with E-state index in [9.17, 15) is 9.59 Å². The second-order valence-corrected chi connectivity index (χ2v) is 6.94. The van der Waals surface area contributed by atoms with Crippen molar-refractivity contribution in [2.24, 2.45) is 15.8 Å². The molecule has 0 bridgehead atoms. The molecular formula is C24H32N6O2. The molecule has 170 valence electrons. The van der Waals surface area contributed by atoms with Crippen LogP contribution in [0.4, 0.5) is 11.4 Å². The third-order valence-electron chi connectivity index (χ3n) is 4.16. The number of hydrogen-bond donors (Lipinski definition) is 4. The molecule has 1 aliphatic rings. The number of carbonyl (C=O) groups excluding carboxylic acids is 2. The third kappa shape index (κ3) is 8.06. The molecule has 8 heteroatoms. The van der Waals surface area contributed by atoms with Crippen LogP contribution in [-0.2, 0) is 4.79 Å². The fourth-order valence-corrected chi connectivity index (χ4v) is 2.91. The highest BCUT2D eigenvalue weighted by atomic mass is 16.2. The quantitative estimate of drug-likeness (QED) is 0.221. The molecule has 0 saturated carbocycles. The van der Waals surface area contributed by atoms with Gasteiger partial charge in [0.05, 0.1) is 18.1 Å². The Balaban J connectivity index is 0.00000161. The molecule has 1 aromatic carbocycles. The highest BCUT2D eigenvalue weighted by Crippen LogP contribution is 2.31. The van der Waals surface area contributed by atoms with Gasteiger partial charge in [-0.05, 0) is 38.8 Å². The van der Waals surface area contributed by atoms with Crippen LogP contribution in [0.1, 0.15) is 56.0 Å². The fraction of sp³-hybridized carbons (Fsp3) is 0.250. The summed E-state index contributed by atoms with van der Waals surface area (Å²) in [5.41, 5.74) is 17.9. The van der Waals surface area contributed by atoms with Crippen molar-refractivity contribution in [2.45, 2.75) is 40.0 Å². The first-order chi connectivity index (χ1) is 15.3. The average molecular weight is 437 g/mol. The van der Waals surface area contributed by atoms with Crippen molar-refractivity contribution < 1.29 is 9.59 Å². The lowest BCUT2D eigenvalue weighted by atomic mass is 9.95. The van der Waals surface area contributed by atoms with Crippen LogP contribution in [0.5, 0.6) is 0 Å². The molecule has 32 heavy (non-hydrogen) atoms. The minimum atomic E-state index is -0.398. The van der Waals surface area contributed by atoms with Crippen LogP contribution in [0, 0.1) is 0 Å². The normalized spacial score (nSPS) is 14.2. The predicted molar refractivity (Wildman–Crippen MR) is 134 cm³/mol. The van der Waals surface area contributed by atoms with E-state index < -0.39 is 5.91 Å². The van der Waals surface area contributed by atoms with Crippen LogP contribution in [0.15, 0.2) is 64.9 Å². The van der Waals surface area contributed by atoms with E-state index in [1.165, 1.54) is 0 Å². The number of hydrazone groups is 1. The topological polar surface area (TPSA) is 135 Å². The van der Waals surface area contributed by atoms with Gasteiger partial charge in [-0.15, -0.1) is 6.58 Å². The van der Waals surface area contributed by atoms with E-state index >= 15 is 0 Å². The summed E-state index contributed by atoms with van der Waals surface area (Å²) in [5.74, 6) is -0.647. The number of allylic oxidation sites excluding steroid dienone is 6. The number of nitrogens with one attached hydrogen (secondary N) is 2. The van der Waals surface area contributed by atoms with Crippen LogP contribution in [-0.4, -0.2) is 24.4 Å². The monoisotopic (exact) mass is 436 g/mol. The zero-order valence-corrected chi connectivity index (χ0v) is 18.9. The lowest BCUT2D eigenvalue weighted by Crippen LogP contribution is -2.18. The van der Waals surface area contributed by atoms with Gasteiger partial charge in [-0.3, -0.25) is 9.59 Å². The molecule has 6 N–H and O–H groups in total. The van der Waals surface area contributed by atoms with Gasteiger partial charge in [0.1, 0.15) is 0 Å². The zero-order valence-electron chi connectivity index (χ0n) is 18.9. The first-order valence-electron chi connectivity index (χ1n) is 10.2. The van der Waals surface area contributed by atoms with Crippen LogP contribution < -0.4 is 22.2 Å². The number of carbonyl (C=O) groups is 2. The first-order valence-corrected chi connectivity index (χ1v) is 10.2. The molecule has 0 radical (unpaired) electrons. The Hall–Kier alpha value is -3.94. The maximum absolute atomic E-state index is 12.5. The molecule has 0 aliphatic carbocycles. The van der Waals surface area contributed by atoms with E-state index in [1.54, 1.807) is 24.4 Å². The van der Waals surface area contributed by atoms with Gasteiger partial charge in [-0.1, -0.05) is 37.3 Å². The SMILES string of the molecule is C=C(CCC(=O)Nc1cc(N)c2c(c1)C(=O)NN=C/C2=C\C(C)=C\CC)N=CN.C=CC. The van der Waals surface area contributed by atoms with Crippen LogP contribution in [0.3, 0.4) is 0 Å². The number of anilines is 2. The van der Waals surface area contributed by atoms with E-state index in [1.807, 2.05) is 26.8 Å². The minimum absolute atomic E-state index is 0.175. The Morgan fingerprint density at radius 1 is 1.34 bits per heavy atom. The van der Waals surface area contributed by atoms with Crippen molar-refractivity contribution in [2.75, 3.05) is 11.1 Å². The summed E-state index contributed by atoms with van der Waals surface area (Å²) in [4.78, 5) is 28.5. The van der Waals surface area contributed by atoms with Gasteiger partial charge in [-0.25, -0.2) is 10.4 Å². The Kier molecular flexibility index (Phi) is 10.9. The van der Waals surface area contributed by atoms with Crippen molar-refractivity contribution in [3.63, 3.8) is 0 Å². The van der Waals surface area contributed by atoms with Crippen LogP contribution >= 0.6 is 0 Å². The number of hydrogen-bond acceptors (Lipinski definition) is 5. The number of aliphatic imine (C=N–C) groups is 1. The maximum Gasteiger partial charge on any atom is 0.272 e. The molecule has 0 fully saturated rings. The number of benzene rings is 1. The highest BCUT2D eigenvalue weighted by Gasteiger charge is 2.21. The molecule has 1 aromatic rings. The van der Waals surface area contributed by atoms with Gasteiger partial charge < -0.3 is 16.8 Å². The van der Waals surface area contributed by atoms with Crippen LogP contribution in [0.2, 0.25) is 0 Å². The van der Waals surface area contributed by atoms with Gasteiger partial charge in [-0.2, -0.15) is 5.10 Å². The molecule has 1 heterocycles. The molecule has 2 rings (SSSR count).